The van der Waals surface area contributed by atoms with E-state index < -0.39 is 0 Å². The van der Waals surface area contributed by atoms with E-state index in [-0.39, 0.29) is 0 Å². The number of ether oxygens (including phenoxy) is 1. The molecule has 0 N–H and O–H groups in total. The fraction of sp³-hybridized carbons (Fsp3) is 0.667. The highest BCUT2D eigenvalue weighted by Gasteiger charge is 2.29. The van der Waals surface area contributed by atoms with E-state index in [0.29, 0.717) is 18.1 Å². The van der Waals surface area contributed by atoms with Crippen molar-refractivity contribution >= 4 is 11.6 Å². The molecule has 1 aromatic heterocycles. The standard InChI is InChI=1S/C22H32ClN3O.C2H6/c1-5-15(4)27-19-11-8-17(9-12-19)22-25-24-21(7-3)26(22)20-13-10-18(23)14-16(20)6-2;1-2/h10,13-15,17,19H,5-9,11-12H2,1-4H3;1-2H3. The van der Waals surface area contributed by atoms with Crippen molar-refractivity contribution in [1.29, 1.82) is 0 Å². The molecule has 0 saturated heterocycles. The lowest BCUT2D eigenvalue weighted by Gasteiger charge is -2.30. The zero-order valence-corrected chi connectivity index (χ0v) is 19.8. The molecule has 0 aliphatic heterocycles. The van der Waals surface area contributed by atoms with Gasteiger partial charge in [0.05, 0.1) is 17.9 Å². The van der Waals surface area contributed by atoms with Gasteiger partial charge in [-0.15, -0.1) is 10.2 Å². The molecule has 162 valence electrons. The van der Waals surface area contributed by atoms with Gasteiger partial charge in [-0.2, -0.15) is 0 Å². The number of hydrogen-bond acceptors (Lipinski definition) is 3. The maximum absolute atomic E-state index is 6.23. The van der Waals surface area contributed by atoms with Gasteiger partial charge >= 0.3 is 0 Å². The Balaban J connectivity index is 0.00000145. The van der Waals surface area contributed by atoms with E-state index in [4.69, 9.17) is 16.3 Å². The monoisotopic (exact) mass is 419 g/mol. The van der Waals surface area contributed by atoms with E-state index in [2.05, 4.69) is 54.6 Å². The van der Waals surface area contributed by atoms with Crippen molar-refractivity contribution in [3.63, 3.8) is 0 Å². The van der Waals surface area contributed by atoms with Crippen LogP contribution in [0.25, 0.3) is 5.69 Å². The van der Waals surface area contributed by atoms with Crippen LogP contribution in [0.2, 0.25) is 5.02 Å². The van der Waals surface area contributed by atoms with Crippen LogP contribution in [-0.2, 0) is 17.6 Å². The first-order valence-corrected chi connectivity index (χ1v) is 11.8. The molecule has 0 bridgehead atoms. The molecule has 29 heavy (non-hydrogen) atoms. The molecule has 1 heterocycles. The largest absolute Gasteiger partial charge is 0.375 e. The second-order valence-electron chi connectivity index (χ2n) is 7.62. The van der Waals surface area contributed by atoms with E-state index in [9.17, 15) is 0 Å². The molecule has 1 atom stereocenters. The van der Waals surface area contributed by atoms with Crippen LogP contribution in [0.1, 0.15) is 96.8 Å². The van der Waals surface area contributed by atoms with Crippen LogP contribution in [0.3, 0.4) is 0 Å². The molecule has 1 aliphatic rings. The third-order valence-electron chi connectivity index (χ3n) is 5.77. The minimum absolute atomic E-state index is 0.350. The summed E-state index contributed by atoms with van der Waals surface area (Å²) >= 11 is 6.23. The zero-order chi connectivity index (χ0) is 21.4. The number of benzene rings is 1. The summed E-state index contributed by atoms with van der Waals surface area (Å²) in [6, 6.07) is 6.15. The predicted octanol–water partition coefficient (Wildman–Crippen LogP) is 6.91. The average molecular weight is 420 g/mol. The number of hydrogen-bond donors (Lipinski definition) is 0. The third kappa shape index (κ3) is 5.82. The Morgan fingerprint density at radius 1 is 1.07 bits per heavy atom. The first kappa shape index (κ1) is 23.9. The van der Waals surface area contributed by atoms with Gasteiger partial charge in [-0.25, -0.2) is 0 Å². The highest BCUT2D eigenvalue weighted by atomic mass is 35.5. The van der Waals surface area contributed by atoms with Crippen LogP contribution in [0.5, 0.6) is 0 Å². The minimum Gasteiger partial charge on any atom is -0.375 e. The van der Waals surface area contributed by atoms with Crippen LogP contribution >= 0.6 is 11.6 Å². The van der Waals surface area contributed by atoms with Crippen molar-refractivity contribution in [2.75, 3.05) is 0 Å². The molecule has 1 aliphatic carbocycles. The quantitative estimate of drug-likeness (QED) is 0.489. The van der Waals surface area contributed by atoms with Crippen LogP contribution in [0.4, 0.5) is 0 Å². The molecule has 2 aromatic rings. The maximum atomic E-state index is 6.23. The topological polar surface area (TPSA) is 39.9 Å². The summed E-state index contributed by atoms with van der Waals surface area (Å²) in [5.74, 6) is 2.57. The lowest BCUT2D eigenvalue weighted by atomic mass is 9.86. The highest BCUT2D eigenvalue weighted by molar-refractivity contribution is 6.30. The Hall–Kier alpha value is -1.39. The van der Waals surface area contributed by atoms with Crippen molar-refractivity contribution in [2.24, 2.45) is 0 Å². The molecule has 1 unspecified atom stereocenters. The number of aryl methyl sites for hydroxylation is 2. The average Bonchev–Trinajstić information content (AvgIpc) is 3.19. The number of rotatable bonds is 7. The Labute approximate surface area is 182 Å². The van der Waals surface area contributed by atoms with E-state index in [0.717, 1.165) is 61.6 Å². The summed E-state index contributed by atoms with van der Waals surface area (Å²) in [6.45, 7) is 12.7. The van der Waals surface area contributed by atoms with Gasteiger partial charge in [-0.05, 0) is 69.2 Å². The number of halogens is 1. The van der Waals surface area contributed by atoms with E-state index in [1.165, 1.54) is 11.3 Å². The van der Waals surface area contributed by atoms with Crippen LogP contribution in [-0.4, -0.2) is 27.0 Å². The maximum Gasteiger partial charge on any atom is 0.140 e. The van der Waals surface area contributed by atoms with Crippen molar-refractivity contribution < 1.29 is 4.74 Å². The van der Waals surface area contributed by atoms with Gasteiger partial charge in [0, 0.05) is 17.4 Å². The molecule has 1 fully saturated rings. The van der Waals surface area contributed by atoms with Crippen LogP contribution in [0, 0.1) is 0 Å². The molecule has 5 heteroatoms. The smallest absolute Gasteiger partial charge is 0.140 e. The SMILES string of the molecule is CC.CCc1cc(Cl)ccc1-n1c(CC)nnc1C1CCC(OC(C)CC)CC1. The molecule has 0 spiro atoms. The lowest BCUT2D eigenvalue weighted by molar-refractivity contribution is -0.0251. The van der Waals surface area contributed by atoms with Crippen molar-refractivity contribution in [3.8, 4) is 5.69 Å². The summed E-state index contributed by atoms with van der Waals surface area (Å²) in [6.07, 6.45) is 8.04. The van der Waals surface area contributed by atoms with Crippen molar-refractivity contribution in [3.05, 3.63) is 40.4 Å². The minimum atomic E-state index is 0.350. The second-order valence-corrected chi connectivity index (χ2v) is 8.05. The van der Waals surface area contributed by atoms with Gasteiger partial charge in [0.15, 0.2) is 0 Å². The molecular formula is C24H38ClN3O. The van der Waals surface area contributed by atoms with Gasteiger partial charge in [0.1, 0.15) is 11.6 Å². The molecule has 3 rings (SSSR count). The molecule has 0 amide bonds. The summed E-state index contributed by atoms with van der Waals surface area (Å²) < 4.78 is 8.45. The van der Waals surface area contributed by atoms with E-state index >= 15 is 0 Å². The summed E-state index contributed by atoms with van der Waals surface area (Å²) in [5.41, 5.74) is 2.42. The van der Waals surface area contributed by atoms with Gasteiger partial charge in [-0.3, -0.25) is 4.57 Å². The molecule has 1 saturated carbocycles. The normalized spacial score (nSPS) is 20.1. The van der Waals surface area contributed by atoms with E-state index in [1.807, 2.05) is 19.9 Å². The third-order valence-corrected chi connectivity index (χ3v) is 6.01. The zero-order valence-electron chi connectivity index (χ0n) is 19.0. The molecule has 4 nitrogen and oxygen atoms in total. The Kier molecular flexibility index (Phi) is 9.64. The number of nitrogens with zero attached hydrogens (tertiary/aromatic N) is 3. The van der Waals surface area contributed by atoms with Gasteiger partial charge in [0.2, 0.25) is 0 Å². The van der Waals surface area contributed by atoms with Crippen LogP contribution in [0.15, 0.2) is 18.2 Å². The summed E-state index contributed by atoms with van der Waals surface area (Å²) in [7, 11) is 0. The Morgan fingerprint density at radius 2 is 1.76 bits per heavy atom. The first-order valence-electron chi connectivity index (χ1n) is 11.5. The number of aromatic nitrogens is 3. The highest BCUT2D eigenvalue weighted by Crippen LogP contribution is 2.36. The molecular weight excluding hydrogens is 382 g/mol. The van der Waals surface area contributed by atoms with Gasteiger partial charge in [0.25, 0.3) is 0 Å². The Bertz CT molecular complexity index is 751. The Morgan fingerprint density at radius 3 is 2.34 bits per heavy atom. The van der Waals surface area contributed by atoms with Crippen molar-refractivity contribution in [2.45, 2.75) is 105 Å². The molecule has 1 aromatic carbocycles. The first-order chi connectivity index (χ1) is 14.1. The molecule has 0 radical (unpaired) electrons. The fourth-order valence-corrected chi connectivity index (χ4v) is 4.22. The fourth-order valence-electron chi connectivity index (χ4n) is 4.02. The van der Waals surface area contributed by atoms with Crippen LogP contribution < -0.4 is 0 Å². The van der Waals surface area contributed by atoms with E-state index in [1.54, 1.807) is 0 Å². The summed E-state index contributed by atoms with van der Waals surface area (Å²) in [5, 5.41) is 9.92. The summed E-state index contributed by atoms with van der Waals surface area (Å²) in [4.78, 5) is 0. The lowest BCUT2D eigenvalue weighted by Crippen LogP contribution is -2.25. The second kappa shape index (κ2) is 11.7. The van der Waals surface area contributed by atoms with Gasteiger partial charge in [-0.1, -0.05) is 46.2 Å². The van der Waals surface area contributed by atoms with Crippen molar-refractivity contribution in [1.82, 2.24) is 14.8 Å². The predicted molar refractivity (Wildman–Crippen MR) is 122 cm³/mol. The van der Waals surface area contributed by atoms with Gasteiger partial charge < -0.3 is 4.74 Å².